The molecule has 0 aliphatic carbocycles. The Morgan fingerprint density at radius 1 is 1.33 bits per heavy atom. The van der Waals surface area contributed by atoms with Crippen LogP contribution in [-0.4, -0.2) is 24.4 Å². The minimum Gasteiger partial charge on any atom is -0.325 e. The van der Waals surface area contributed by atoms with Gasteiger partial charge in [0.1, 0.15) is 0 Å². The van der Waals surface area contributed by atoms with Gasteiger partial charge in [0.2, 0.25) is 5.91 Å². The molecule has 0 saturated carbocycles. The van der Waals surface area contributed by atoms with Crippen LogP contribution in [0.4, 0.5) is 27.6 Å². The number of halogens is 6. The first-order valence-electron chi connectivity index (χ1n) is 5.77. The Morgan fingerprint density at radius 2 is 2.00 bits per heavy atom. The number of anilines is 1. The molecule has 21 heavy (non-hydrogen) atoms. The van der Waals surface area contributed by atoms with Gasteiger partial charge in [0.05, 0.1) is 18.2 Å². The molecule has 1 atom stereocenters. The lowest BCUT2D eigenvalue weighted by molar-refractivity contribution is -0.137. The number of benzene rings is 1. The zero-order valence-corrected chi connectivity index (χ0v) is 11.3. The van der Waals surface area contributed by atoms with E-state index in [1.165, 1.54) is 6.07 Å². The van der Waals surface area contributed by atoms with Crippen molar-refractivity contribution < 1.29 is 26.7 Å². The largest absolute Gasteiger partial charge is 0.416 e. The summed E-state index contributed by atoms with van der Waals surface area (Å²) in [5, 5.41) is 4.53. The van der Waals surface area contributed by atoms with Crippen molar-refractivity contribution in [2.45, 2.75) is 24.6 Å². The summed E-state index contributed by atoms with van der Waals surface area (Å²) < 4.78 is 63.3. The first kappa shape index (κ1) is 17.6. The van der Waals surface area contributed by atoms with Crippen LogP contribution in [0.25, 0.3) is 0 Å². The van der Waals surface area contributed by atoms with E-state index in [4.69, 9.17) is 0 Å². The number of nitrogens with one attached hydrogen (secondary N) is 2. The van der Waals surface area contributed by atoms with Gasteiger partial charge in [0.25, 0.3) is 5.92 Å². The molecule has 1 aromatic rings. The summed E-state index contributed by atoms with van der Waals surface area (Å²) in [6, 6.07) is 2.90. The number of alkyl halides is 5. The van der Waals surface area contributed by atoms with Crippen molar-refractivity contribution in [3.05, 3.63) is 29.8 Å². The normalized spacial score (nSPS) is 20.7. The third-order valence-corrected chi connectivity index (χ3v) is 2.88. The Balaban J connectivity index is 0.00000220. The third-order valence-electron chi connectivity index (χ3n) is 2.88. The lowest BCUT2D eigenvalue weighted by Gasteiger charge is -2.13. The standard InChI is InChI=1S/C12H11F5N2O.ClH/c13-11(14)5-9(18-6-11)10(20)19-8-3-1-2-7(4-8)12(15,16)17;/h1-4,9,18H,5-6H2,(H,19,20);1H. The van der Waals surface area contributed by atoms with E-state index in [1.54, 1.807) is 0 Å². The summed E-state index contributed by atoms with van der Waals surface area (Å²) in [6.07, 6.45) is -5.20. The van der Waals surface area contributed by atoms with E-state index in [0.29, 0.717) is 0 Å². The first-order valence-corrected chi connectivity index (χ1v) is 5.77. The number of amides is 1. The van der Waals surface area contributed by atoms with Crippen LogP contribution in [0.2, 0.25) is 0 Å². The van der Waals surface area contributed by atoms with E-state index < -0.39 is 42.6 Å². The fraction of sp³-hybridized carbons (Fsp3) is 0.417. The summed E-state index contributed by atoms with van der Waals surface area (Å²) in [6.45, 7) is -0.617. The molecule has 1 heterocycles. The molecule has 1 unspecified atom stereocenters. The number of hydrogen-bond donors (Lipinski definition) is 2. The van der Waals surface area contributed by atoms with Gasteiger partial charge in [0.15, 0.2) is 0 Å². The third kappa shape index (κ3) is 4.53. The van der Waals surface area contributed by atoms with Crippen molar-refractivity contribution in [1.82, 2.24) is 5.32 Å². The van der Waals surface area contributed by atoms with Crippen LogP contribution in [0.3, 0.4) is 0 Å². The summed E-state index contributed by atoms with van der Waals surface area (Å²) >= 11 is 0. The van der Waals surface area contributed by atoms with Gasteiger partial charge in [-0.2, -0.15) is 13.2 Å². The van der Waals surface area contributed by atoms with Crippen LogP contribution in [0.15, 0.2) is 24.3 Å². The summed E-state index contributed by atoms with van der Waals surface area (Å²) in [7, 11) is 0. The van der Waals surface area contributed by atoms with Crippen LogP contribution in [-0.2, 0) is 11.0 Å². The van der Waals surface area contributed by atoms with E-state index in [1.807, 2.05) is 0 Å². The monoisotopic (exact) mass is 330 g/mol. The van der Waals surface area contributed by atoms with Crippen LogP contribution in [0, 0.1) is 0 Å². The number of rotatable bonds is 2. The molecule has 118 valence electrons. The Kier molecular flexibility index (Phi) is 5.16. The highest BCUT2D eigenvalue weighted by Gasteiger charge is 2.42. The molecule has 1 aliphatic rings. The van der Waals surface area contributed by atoms with E-state index in [0.717, 1.165) is 18.2 Å². The van der Waals surface area contributed by atoms with Crippen molar-refractivity contribution in [1.29, 1.82) is 0 Å². The average Bonchev–Trinajstić information content (AvgIpc) is 2.69. The van der Waals surface area contributed by atoms with Gasteiger partial charge in [-0.15, -0.1) is 12.4 Å². The molecule has 2 rings (SSSR count). The van der Waals surface area contributed by atoms with E-state index in [9.17, 15) is 26.7 Å². The van der Waals surface area contributed by atoms with Crippen molar-refractivity contribution >= 4 is 24.0 Å². The molecule has 9 heteroatoms. The maximum Gasteiger partial charge on any atom is 0.416 e. The molecule has 1 amide bonds. The van der Waals surface area contributed by atoms with Crippen molar-refractivity contribution in [3.63, 3.8) is 0 Å². The Labute approximate surface area is 123 Å². The Morgan fingerprint density at radius 3 is 2.52 bits per heavy atom. The van der Waals surface area contributed by atoms with Crippen molar-refractivity contribution in [2.24, 2.45) is 0 Å². The van der Waals surface area contributed by atoms with E-state index >= 15 is 0 Å². The van der Waals surface area contributed by atoms with Crippen LogP contribution in [0.1, 0.15) is 12.0 Å². The quantitative estimate of drug-likeness (QED) is 0.818. The minimum absolute atomic E-state index is 0. The fourth-order valence-corrected chi connectivity index (χ4v) is 1.90. The Bertz CT molecular complexity index is 521. The van der Waals surface area contributed by atoms with Gasteiger partial charge in [-0.1, -0.05) is 6.07 Å². The molecule has 1 fully saturated rings. The molecule has 0 radical (unpaired) electrons. The molecule has 3 nitrogen and oxygen atoms in total. The molecular formula is C12H12ClF5N2O. The van der Waals surface area contributed by atoms with Crippen LogP contribution < -0.4 is 10.6 Å². The zero-order valence-electron chi connectivity index (χ0n) is 10.5. The molecule has 2 N–H and O–H groups in total. The topological polar surface area (TPSA) is 41.1 Å². The van der Waals surface area contributed by atoms with E-state index in [-0.39, 0.29) is 18.1 Å². The fourth-order valence-electron chi connectivity index (χ4n) is 1.90. The van der Waals surface area contributed by atoms with Gasteiger partial charge < -0.3 is 5.32 Å². The van der Waals surface area contributed by atoms with Crippen molar-refractivity contribution in [3.8, 4) is 0 Å². The number of hydrogen-bond acceptors (Lipinski definition) is 2. The predicted molar refractivity (Wildman–Crippen MR) is 68.7 cm³/mol. The molecule has 0 bridgehead atoms. The molecular weight excluding hydrogens is 319 g/mol. The summed E-state index contributed by atoms with van der Waals surface area (Å²) in [5.41, 5.74) is -0.998. The van der Waals surface area contributed by atoms with Gasteiger partial charge in [-0.25, -0.2) is 8.78 Å². The number of carbonyl (C=O) groups is 1. The molecule has 0 spiro atoms. The summed E-state index contributed by atoms with van der Waals surface area (Å²) in [4.78, 5) is 11.7. The van der Waals surface area contributed by atoms with Gasteiger partial charge in [0, 0.05) is 12.1 Å². The highest BCUT2D eigenvalue weighted by molar-refractivity contribution is 5.95. The lowest BCUT2D eigenvalue weighted by Crippen LogP contribution is -2.35. The lowest BCUT2D eigenvalue weighted by atomic mass is 10.1. The maximum absolute atomic E-state index is 12.9. The maximum atomic E-state index is 12.9. The first-order chi connectivity index (χ1) is 9.17. The molecule has 1 saturated heterocycles. The smallest absolute Gasteiger partial charge is 0.325 e. The second kappa shape index (κ2) is 6.15. The average molecular weight is 331 g/mol. The summed E-state index contributed by atoms with van der Waals surface area (Å²) in [5.74, 6) is -3.75. The van der Waals surface area contributed by atoms with Crippen molar-refractivity contribution in [2.75, 3.05) is 11.9 Å². The zero-order chi connectivity index (χ0) is 15.0. The minimum atomic E-state index is -4.53. The SMILES string of the molecule is Cl.O=C(Nc1cccc(C(F)(F)F)c1)C1CC(F)(F)CN1. The predicted octanol–water partition coefficient (Wildman–Crippen LogP) is 3.06. The highest BCUT2D eigenvalue weighted by atomic mass is 35.5. The molecule has 1 aromatic carbocycles. The van der Waals surface area contributed by atoms with Crippen LogP contribution in [0.5, 0.6) is 0 Å². The highest BCUT2D eigenvalue weighted by Crippen LogP contribution is 2.31. The Hall–Kier alpha value is -1.41. The van der Waals surface area contributed by atoms with Gasteiger partial charge >= 0.3 is 6.18 Å². The molecule has 1 aliphatic heterocycles. The van der Waals surface area contributed by atoms with Gasteiger partial charge in [-0.3, -0.25) is 10.1 Å². The van der Waals surface area contributed by atoms with Crippen LogP contribution >= 0.6 is 12.4 Å². The van der Waals surface area contributed by atoms with Gasteiger partial charge in [-0.05, 0) is 18.2 Å². The molecule has 0 aromatic heterocycles. The number of carbonyl (C=O) groups excluding carboxylic acids is 1. The van der Waals surface area contributed by atoms with E-state index in [2.05, 4.69) is 10.6 Å². The second-order valence-electron chi connectivity index (χ2n) is 4.56. The second-order valence-corrected chi connectivity index (χ2v) is 4.56.